The van der Waals surface area contributed by atoms with E-state index in [4.69, 9.17) is 23.2 Å². The van der Waals surface area contributed by atoms with Crippen molar-refractivity contribution in [3.05, 3.63) is 58.1 Å². The van der Waals surface area contributed by atoms with Gasteiger partial charge in [0.15, 0.2) is 0 Å². The number of carbonyl (C=O) groups is 1. The van der Waals surface area contributed by atoms with Crippen LogP contribution in [0.5, 0.6) is 0 Å². The molecule has 0 spiro atoms. The van der Waals surface area contributed by atoms with E-state index >= 15 is 0 Å². The molecule has 11 heteroatoms. The summed E-state index contributed by atoms with van der Waals surface area (Å²) in [5, 5.41) is 2.47. The second-order valence-corrected chi connectivity index (χ2v) is 9.56. The number of alkyl halides is 3. The summed E-state index contributed by atoms with van der Waals surface area (Å²) < 4.78 is 66.5. The largest absolute Gasteiger partial charge is 0.418 e. The number of halogens is 5. The van der Waals surface area contributed by atoms with Crippen molar-refractivity contribution in [3.8, 4) is 0 Å². The van der Waals surface area contributed by atoms with Crippen LogP contribution >= 0.6 is 23.2 Å². The van der Waals surface area contributed by atoms with Crippen LogP contribution in [0.2, 0.25) is 10.0 Å². The molecule has 1 aliphatic rings. The highest BCUT2D eigenvalue weighted by atomic mass is 35.5. The maximum Gasteiger partial charge on any atom is 0.418 e. The lowest BCUT2D eigenvalue weighted by Crippen LogP contribution is -2.43. The number of anilines is 1. The van der Waals surface area contributed by atoms with Gasteiger partial charge in [-0.15, -0.1) is 0 Å². The Kier molecular flexibility index (Phi) is 6.66. The fourth-order valence-corrected chi connectivity index (χ4v) is 5.52. The lowest BCUT2D eigenvalue weighted by Gasteiger charge is -2.31. The van der Waals surface area contributed by atoms with E-state index in [2.05, 4.69) is 5.32 Å². The number of sulfonamides is 1. The Labute approximate surface area is 181 Å². The minimum atomic E-state index is -4.63. The predicted octanol–water partition coefficient (Wildman–Crippen LogP) is 5.05. The lowest BCUT2D eigenvalue weighted by molar-refractivity contribution is -0.137. The molecule has 5 nitrogen and oxygen atoms in total. The van der Waals surface area contributed by atoms with Crippen molar-refractivity contribution in [3.63, 3.8) is 0 Å². The molecule has 1 fully saturated rings. The van der Waals surface area contributed by atoms with E-state index in [1.165, 1.54) is 30.3 Å². The van der Waals surface area contributed by atoms with Gasteiger partial charge in [0.2, 0.25) is 15.9 Å². The third kappa shape index (κ3) is 4.91. The van der Waals surface area contributed by atoms with Gasteiger partial charge in [-0.05, 0) is 43.2 Å². The van der Waals surface area contributed by atoms with Crippen molar-refractivity contribution in [2.24, 2.45) is 5.92 Å². The number of nitrogens with zero attached hydrogens (tertiary/aromatic N) is 1. The summed E-state index contributed by atoms with van der Waals surface area (Å²) in [7, 11) is -4.03. The highest BCUT2D eigenvalue weighted by Gasteiger charge is 2.37. The van der Waals surface area contributed by atoms with Gasteiger partial charge in [0, 0.05) is 18.1 Å². The molecule has 30 heavy (non-hydrogen) atoms. The number of benzene rings is 2. The fourth-order valence-electron chi connectivity index (χ4n) is 3.26. The van der Waals surface area contributed by atoms with Crippen molar-refractivity contribution >= 4 is 44.8 Å². The summed E-state index contributed by atoms with van der Waals surface area (Å²) in [4.78, 5) is 12.4. The summed E-state index contributed by atoms with van der Waals surface area (Å²) in [5.74, 6) is -1.49. The Hall–Kier alpha value is -1.81. The van der Waals surface area contributed by atoms with Gasteiger partial charge >= 0.3 is 6.18 Å². The quantitative estimate of drug-likeness (QED) is 0.665. The molecule has 0 unspecified atom stereocenters. The molecule has 0 aromatic heterocycles. The number of amides is 1. The average molecular weight is 481 g/mol. The minimum Gasteiger partial charge on any atom is -0.325 e. The number of nitrogens with one attached hydrogen (secondary N) is 1. The zero-order chi connectivity index (χ0) is 22.1. The summed E-state index contributed by atoms with van der Waals surface area (Å²) in [6.45, 7) is -0.0146. The molecule has 1 amide bonds. The number of piperidine rings is 1. The van der Waals surface area contributed by atoms with Crippen LogP contribution in [0.3, 0.4) is 0 Å². The van der Waals surface area contributed by atoms with Crippen molar-refractivity contribution in [1.82, 2.24) is 4.31 Å². The van der Waals surface area contributed by atoms with Crippen molar-refractivity contribution in [2.75, 3.05) is 18.4 Å². The van der Waals surface area contributed by atoms with E-state index < -0.39 is 33.6 Å². The third-order valence-corrected chi connectivity index (χ3v) is 7.34. The second-order valence-electron chi connectivity index (χ2n) is 6.81. The Morgan fingerprint density at radius 3 is 2.53 bits per heavy atom. The van der Waals surface area contributed by atoms with E-state index in [1.54, 1.807) is 0 Å². The highest BCUT2D eigenvalue weighted by molar-refractivity contribution is 7.89. The topological polar surface area (TPSA) is 66.5 Å². The van der Waals surface area contributed by atoms with Crippen LogP contribution in [0.4, 0.5) is 18.9 Å². The fraction of sp³-hybridized carbons (Fsp3) is 0.316. The van der Waals surface area contributed by atoms with E-state index in [9.17, 15) is 26.4 Å². The van der Waals surface area contributed by atoms with Crippen molar-refractivity contribution < 1.29 is 26.4 Å². The van der Waals surface area contributed by atoms with Gasteiger partial charge in [0.1, 0.15) is 4.90 Å². The van der Waals surface area contributed by atoms with E-state index in [0.717, 1.165) is 16.4 Å². The first-order valence-electron chi connectivity index (χ1n) is 8.92. The number of hydrogen-bond donors (Lipinski definition) is 1. The third-order valence-electron chi connectivity index (χ3n) is 4.76. The van der Waals surface area contributed by atoms with Crippen molar-refractivity contribution in [2.45, 2.75) is 23.9 Å². The summed E-state index contributed by atoms with van der Waals surface area (Å²) in [6, 6.07) is 8.67. The van der Waals surface area contributed by atoms with Crippen LogP contribution in [0.25, 0.3) is 0 Å². The zero-order valence-electron chi connectivity index (χ0n) is 15.4. The molecule has 162 valence electrons. The van der Waals surface area contributed by atoms with Gasteiger partial charge in [-0.3, -0.25) is 4.79 Å². The van der Waals surface area contributed by atoms with Crippen LogP contribution in [0, 0.1) is 5.92 Å². The maximum absolute atomic E-state index is 13.2. The minimum absolute atomic E-state index is 0.00919. The van der Waals surface area contributed by atoms with Gasteiger partial charge in [-0.2, -0.15) is 17.5 Å². The molecule has 2 aromatic carbocycles. The average Bonchev–Trinajstić information content (AvgIpc) is 2.69. The van der Waals surface area contributed by atoms with Crippen LogP contribution in [0.1, 0.15) is 18.4 Å². The van der Waals surface area contributed by atoms with Gasteiger partial charge in [0.05, 0.1) is 22.2 Å². The molecule has 1 saturated heterocycles. The van der Waals surface area contributed by atoms with Crippen LogP contribution < -0.4 is 5.32 Å². The second kappa shape index (κ2) is 8.74. The highest BCUT2D eigenvalue weighted by Crippen LogP contribution is 2.35. The van der Waals surface area contributed by atoms with E-state index in [1.807, 2.05) is 0 Å². The summed E-state index contributed by atoms with van der Waals surface area (Å²) >= 11 is 11.9. The number of hydrogen-bond acceptors (Lipinski definition) is 3. The standard InChI is InChI=1S/C19H17Cl2F3N2O3S/c20-13-7-8-15(21)17(10-13)30(28,29)26-9-3-4-12(11-26)18(27)25-16-6-2-1-5-14(16)19(22,23)24/h1-2,5-8,10,12H,3-4,9,11H2,(H,25,27)/t12-/m1/s1. The van der Waals surface area contributed by atoms with Crippen LogP contribution in [-0.2, 0) is 21.0 Å². The van der Waals surface area contributed by atoms with E-state index in [-0.39, 0.29) is 33.7 Å². The first kappa shape index (κ1) is 22.9. The lowest BCUT2D eigenvalue weighted by atomic mass is 9.98. The maximum atomic E-state index is 13.2. The predicted molar refractivity (Wildman–Crippen MR) is 108 cm³/mol. The summed E-state index contributed by atoms with van der Waals surface area (Å²) in [5.41, 5.74) is -1.34. The molecular formula is C19H17Cl2F3N2O3S. The molecule has 3 rings (SSSR count). The molecule has 0 radical (unpaired) electrons. The Balaban J connectivity index is 1.80. The SMILES string of the molecule is O=C(Nc1ccccc1C(F)(F)F)[C@@H]1CCCN(S(=O)(=O)c2cc(Cl)ccc2Cl)C1. The molecule has 0 aliphatic carbocycles. The smallest absolute Gasteiger partial charge is 0.325 e. The molecule has 2 aromatic rings. The number of rotatable bonds is 4. The van der Waals surface area contributed by atoms with Gasteiger partial charge in [0.25, 0.3) is 0 Å². The van der Waals surface area contributed by atoms with Crippen molar-refractivity contribution in [1.29, 1.82) is 0 Å². The number of carbonyl (C=O) groups excluding carboxylic acids is 1. The number of para-hydroxylation sites is 1. The van der Waals surface area contributed by atoms with Crippen LogP contribution in [0.15, 0.2) is 47.4 Å². The van der Waals surface area contributed by atoms with Gasteiger partial charge in [-0.1, -0.05) is 35.3 Å². The Morgan fingerprint density at radius 1 is 1.13 bits per heavy atom. The first-order valence-corrected chi connectivity index (χ1v) is 11.1. The molecule has 0 saturated carbocycles. The van der Waals surface area contributed by atoms with Crippen LogP contribution in [-0.4, -0.2) is 31.7 Å². The molecule has 0 bridgehead atoms. The molecule has 1 aliphatic heterocycles. The first-order chi connectivity index (χ1) is 14.0. The van der Waals surface area contributed by atoms with Gasteiger partial charge < -0.3 is 5.32 Å². The molecule has 1 heterocycles. The molecule has 1 atom stereocenters. The molecule has 1 N–H and O–H groups in total. The van der Waals surface area contributed by atoms with Gasteiger partial charge in [-0.25, -0.2) is 8.42 Å². The normalized spacial score (nSPS) is 18.2. The molecular weight excluding hydrogens is 464 g/mol. The Bertz CT molecular complexity index is 1060. The van der Waals surface area contributed by atoms with E-state index in [0.29, 0.717) is 12.8 Å². The zero-order valence-corrected chi connectivity index (χ0v) is 17.7. The summed E-state index contributed by atoms with van der Waals surface area (Å²) in [6.07, 6.45) is -3.92. The monoisotopic (exact) mass is 480 g/mol. The Morgan fingerprint density at radius 2 is 1.83 bits per heavy atom.